The molecule has 33 heavy (non-hydrogen) atoms. The quantitative estimate of drug-likeness (QED) is 0.264. The van der Waals surface area contributed by atoms with E-state index in [1.54, 1.807) is 31.2 Å². The number of aryl methyl sites for hydroxylation is 4. The predicted octanol–water partition coefficient (Wildman–Crippen LogP) is 5.02. The first-order valence-electron chi connectivity index (χ1n) is 10.7. The van der Waals surface area contributed by atoms with Crippen LogP contribution in [0.3, 0.4) is 0 Å². The summed E-state index contributed by atoms with van der Waals surface area (Å²) in [4.78, 5) is 35.4. The van der Waals surface area contributed by atoms with Crippen LogP contribution in [0.4, 0.5) is 5.95 Å². The van der Waals surface area contributed by atoms with Gasteiger partial charge in [0.15, 0.2) is 0 Å². The Balaban J connectivity index is 1.73. The Bertz CT molecular complexity index is 1470. The Morgan fingerprint density at radius 2 is 1.79 bits per heavy atom. The van der Waals surface area contributed by atoms with Crippen molar-refractivity contribution in [3.8, 4) is 0 Å². The van der Waals surface area contributed by atoms with Crippen LogP contribution in [-0.2, 0) is 9.59 Å². The maximum Gasteiger partial charge on any atom is 0.302 e. The lowest BCUT2D eigenvalue weighted by Crippen LogP contribution is -2.30. The number of aliphatic hydroxyl groups is 1. The van der Waals surface area contributed by atoms with Crippen molar-refractivity contribution in [3.05, 3.63) is 87.9 Å². The van der Waals surface area contributed by atoms with Gasteiger partial charge in [-0.1, -0.05) is 18.2 Å². The highest BCUT2D eigenvalue weighted by atomic mass is 16.3. The van der Waals surface area contributed by atoms with E-state index in [1.807, 2.05) is 45.0 Å². The molecule has 5 rings (SSSR count). The summed E-state index contributed by atoms with van der Waals surface area (Å²) in [6.45, 7) is 7.63. The van der Waals surface area contributed by atoms with E-state index in [0.29, 0.717) is 22.6 Å². The van der Waals surface area contributed by atoms with Crippen LogP contribution in [0.25, 0.3) is 16.8 Å². The number of aromatic nitrogens is 2. The fourth-order valence-corrected chi connectivity index (χ4v) is 4.19. The second kappa shape index (κ2) is 7.48. The van der Waals surface area contributed by atoms with Crippen LogP contribution < -0.4 is 4.90 Å². The van der Waals surface area contributed by atoms with Crippen LogP contribution in [0.15, 0.2) is 58.5 Å². The molecule has 1 unspecified atom stereocenters. The fraction of sp³-hybridized carbons (Fsp3) is 0.192. The first-order chi connectivity index (χ1) is 15.7. The molecule has 0 saturated carbocycles. The Hall–Kier alpha value is -4.13. The first-order valence-corrected chi connectivity index (χ1v) is 10.7. The fourth-order valence-electron chi connectivity index (χ4n) is 4.19. The van der Waals surface area contributed by atoms with E-state index in [9.17, 15) is 14.7 Å². The van der Waals surface area contributed by atoms with Crippen molar-refractivity contribution >= 4 is 34.4 Å². The van der Waals surface area contributed by atoms with E-state index in [2.05, 4.69) is 9.97 Å². The number of aliphatic hydroxyl groups excluding tert-OH is 1. The minimum Gasteiger partial charge on any atom is -0.507 e. The van der Waals surface area contributed by atoms with Crippen molar-refractivity contribution in [2.45, 2.75) is 33.7 Å². The number of Topliss-reactive ketones (excluding diaryl/α,β-unsaturated/α-hetero) is 1. The van der Waals surface area contributed by atoms with Gasteiger partial charge in [-0.2, -0.15) is 0 Å². The molecular formula is C26H23N3O4. The molecule has 4 aromatic rings. The summed E-state index contributed by atoms with van der Waals surface area (Å²) in [6.07, 6.45) is 0. The number of amides is 1. The number of benzene rings is 2. The minimum absolute atomic E-state index is 0.0331. The smallest absolute Gasteiger partial charge is 0.302 e. The van der Waals surface area contributed by atoms with Crippen LogP contribution in [0.2, 0.25) is 0 Å². The summed E-state index contributed by atoms with van der Waals surface area (Å²) >= 11 is 0. The number of imidazole rings is 1. The molecule has 7 heteroatoms. The van der Waals surface area contributed by atoms with Gasteiger partial charge >= 0.3 is 5.91 Å². The Kier molecular flexibility index (Phi) is 4.70. The van der Waals surface area contributed by atoms with Crippen molar-refractivity contribution in [1.82, 2.24) is 9.97 Å². The zero-order valence-electron chi connectivity index (χ0n) is 18.8. The topological polar surface area (TPSA) is 99.4 Å². The standard InChI is InChI=1S/C26H23N3O4/c1-13-5-9-18-19(11-13)28-26(27-18)29-22(20-10-7-16(4)33-20)21(24(31)25(29)32)23(30)17-8-6-14(2)15(3)12-17/h5-12,22,30H,1-4H3,(H,27,28)/b23-21+. The van der Waals surface area contributed by atoms with E-state index in [4.69, 9.17) is 4.42 Å². The molecule has 2 aromatic heterocycles. The lowest BCUT2D eigenvalue weighted by Gasteiger charge is -2.20. The predicted molar refractivity (Wildman–Crippen MR) is 125 cm³/mol. The van der Waals surface area contributed by atoms with E-state index in [1.165, 1.54) is 4.90 Å². The molecule has 1 aliphatic rings. The van der Waals surface area contributed by atoms with Gasteiger partial charge in [0, 0.05) is 5.56 Å². The third-order valence-electron chi connectivity index (χ3n) is 6.11. The van der Waals surface area contributed by atoms with Gasteiger partial charge in [0.1, 0.15) is 23.3 Å². The zero-order chi connectivity index (χ0) is 23.4. The number of hydrogen-bond acceptors (Lipinski definition) is 5. The maximum atomic E-state index is 13.2. The molecule has 0 bridgehead atoms. The third-order valence-corrected chi connectivity index (χ3v) is 6.11. The molecule has 1 amide bonds. The van der Waals surface area contributed by atoms with Gasteiger partial charge in [-0.3, -0.25) is 14.5 Å². The number of furan rings is 1. The highest BCUT2D eigenvalue weighted by Gasteiger charge is 2.49. The van der Waals surface area contributed by atoms with Crippen molar-refractivity contribution in [3.63, 3.8) is 0 Å². The van der Waals surface area contributed by atoms with Crippen LogP contribution in [0.1, 0.15) is 39.8 Å². The molecular weight excluding hydrogens is 418 g/mol. The molecule has 1 fully saturated rings. The summed E-state index contributed by atoms with van der Waals surface area (Å²) < 4.78 is 5.84. The van der Waals surface area contributed by atoms with E-state index in [0.717, 1.165) is 22.2 Å². The summed E-state index contributed by atoms with van der Waals surface area (Å²) in [5.74, 6) is -0.604. The lowest BCUT2D eigenvalue weighted by molar-refractivity contribution is -0.132. The van der Waals surface area contributed by atoms with Crippen LogP contribution >= 0.6 is 0 Å². The monoisotopic (exact) mass is 441 g/mol. The van der Waals surface area contributed by atoms with Crippen LogP contribution in [0.5, 0.6) is 0 Å². The van der Waals surface area contributed by atoms with Gasteiger partial charge < -0.3 is 14.5 Å². The molecule has 2 N–H and O–H groups in total. The van der Waals surface area contributed by atoms with Gasteiger partial charge in [-0.05, 0) is 74.7 Å². The van der Waals surface area contributed by atoms with Crippen LogP contribution in [0, 0.1) is 27.7 Å². The van der Waals surface area contributed by atoms with Gasteiger partial charge in [0.25, 0.3) is 5.78 Å². The lowest BCUT2D eigenvalue weighted by atomic mass is 9.97. The van der Waals surface area contributed by atoms with Crippen molar-refractivity contribution in [1.29, 1.82) is 0 Å². The van der Waals surface area contributed by atoms with Gasteiger partial charge in [0.05, 0.1) is 16.6 Å². The molecule has 0 spiro atoms. The summed E-state index contributed by atoms with van der Waals surface area (Å²) in [6, 6.07) is 13.6. The summed E-state index contributed by atoms with van der Waals surface area (Å²) in [5, 5.41) is 11.2. The number of ketones is 1. The molecule has 166 valence electrons. The number of anilines is 1. The summed E-state index contributed by atoms with van der Waals surface area (Å²) in [5.41, 5.74) is 4.90. The third kappa shape index (κ3) is 3.33. The molecule has 2 aromatic carbocycles. The number of H-pyrrole nitrogens is 1. The number of fused-ring (bicyclic) bond motifs is 1. The molecule has 0 aliphatic carbocycles. The highest BCUT2D eigenvalue weighted by Crippen LogP contribution is 2.42. The van der Waals surface area contributed by atoms with E-state index < -0.39 is 17.7 Å². The molecule has 1 saturated heterocycles. The van der Waals surface area contributed by atoms with Gasteiger partial charge in [-0.15, -0.1) is 0 Å². The average Bonchev–Trinajstić information content (AvgIpc) is 3.45. The molecule has 1 atom stereocenters. The minimum atomic E-state index is -0.957. The Labute approximate surface area is 190 Å². The highest BCUT2D eigenvalue weighted by molar-refractivity contribution is 6.51. The van der Waals surface area contributed by atoms with E-state index >= 15 is 0 Å². The summed E-state index contributed by atoms with van der Waals surface area (Å²) in [7, 11) is 0. The molecule has 7 nitrogen and oxygen atoms in total. The maximum absolute atomic E-state index is 13.2. The molecule has 3 heterocycles. The SMILES string of the molecule is Cc1ccc2nc(N3C(=O)C(=O)/C(=C(/O)c4ccc(C)c(C)c4)C3c3ccc(C)o3)[nH]c2c1. The second-order valence-electron chi connectivity index (χ2n) is 8.50. The average molecular weight is 441 g/mol. The number of rotatable bonds is 3. The number of nitrogens with one attached hydrogen (secondary N) is 1. The number of carbonyl (C=O) groups excluding carboxylic acids is 2. The zero-order valence-corrected chi connectivity index (χ0v) is 18.8. The molecule has 0 radical (unpaired) electrons. The van der Waals surface area contributed by atoms with Gasteiger partial charge in [-0.25, -0.2) is 4.98 Å². The van der Waals surface area contributed by atoms with Crippen LogP contribution in [-0.4, -0.2) is 26.8 Å². The number of aromatic amines is 1. The van der Waals surface area contributed by atoms with Crippen molar-refractivity contribution in [2.75, 3.05) is 4.90 Å². The number of hydrogen-bond donors (Lipinski definition) is 2. The normalized spacial score (nSPS) is 17.9. The Morgan fingerprint density at radius 3 is 2.48 bits per heavy atom. The second-order valence-corrected chi connectivity index (χ2v) is 8.50. The molecule has 1 aliphatic heterocycles. The van der Waals surface area contributed by atoms with Crippen molar-refractivity contribution < 1.29 is 19.1 Å². The number of nitrogens with zero attached hydrogens (tertiary/aromatic N) is 2. The van der Waals surface area contributed by atoms with E-state index in [-0.39, 0.29) is 17.3 Å². The van der Waals surface area contributed by atoms with Crippen molar-refractivity contribution in [2.24, 2.45) is 0 Å². The van der Waals surface area contributed by atoms with Gasteiger partial charge in [0.2, 0.25) is 5.95 Å². The Morgan fingerprint density at radius 1 is 1.00 bits per heavy atom. The first kappa shape index (κ1) is 20.8. The number of carbonyl (C=O) groups is 2. The largest absolute Gasteiger partial charge is 0.507 e.